The predicted molar refractivity (Wildman–Crippen MR) is 276 cm³/mol. The van der Waals surface area contributed by atoms with E-state index in [0.29, 0.717) is 11.4 Å². The third-order valence-corrected chi connectivity index (χ3v) is 15.0. The third kappa shape index (κ3) is 4.55. The Labute approximate surface area is 388 Å². The molecule has 1 spiro atoms. The fraction of sp³-hybridized carbons (Fsp3) is 0.0159. The number of hydrogen-bond acceptors (Lipinski definition) is 4. The summed E-state index contributed by atoms with van der Waals surface area (Å²) >= 11 is 0. The van der Waals surface area contributed by atoms with Crippen LogP contribution in [-0.4, -0.2) is 14.5 Å². The highest BCUT2D eigenvalue weighted by Crippen LogP contribution is 2.62. The molecule has 68 heavy (non-hydrogen) atoms. The maximum atomic E-state index is 6.87. The molecule has 314 valence electrons. The zero-order chi connectivity index (χ0) is 44.2. The van der Waals surface area contributed by atoms with Crippen molar-refractivity contribution in [3.05, 3.63) is 235 Å². The normalized spacial score (nSPS) is 13.4. The van der Waals surface area contributed by atoms with Crippen molar-refractivity contribution in [3.8, 4) is 50.6 Å². The summed E-state index contributed by atoms with van der Waals surface area (Å²) in [5.74, 6) is 0.596. The summed E-state index contributed by atoms with van der Waals surface area (Å²) < 4.78 is 16.0. The minimum atomic E-state index is -0.502. The van der Waals surface area contributed by atoms with E-state index < -0.39 is 5.41 Å². The predicted octanol–water partition coefficient (Wildman–Crippen LogP) is 16.2. The molecule has 0 N–H and O–H groups in total. The van der Waals surface area contributed by atoms with Crippen LogP contribution < -0.4 is 0 Å². The molecule has 5 nitrogen and oxygen atoms in total. The molecule has 4 heterocycles. The highest BCUT2D eigenvalue weighted by atomic mass is 16.3. The molecule has 0 unspecified atom stereocenters. The summed E-state index contributed by atoms with van der Waals surface area (Å²) in [7, 11) is 0. The van der Waals surface area contributed by atoms with Crippen LogP contribution in [0.15, 0.2) is 221 Å². The monoisotopic (exact) mass is 865 g/mol. The third-order valence-electron chi connectivity index (χ3n) is 15.0. The summed E-state index contributed by atoms with van der Waals surface area (Å²) in [4.78, 5) is 11.0. The van der Waals surface area contributed by atoms with Gasteiger partial charge in [0.25, 0.3) is 0 Å². The lowest BCUT2D eigenvalue weighted by molar-refractivity contribution is 0.667. The van der Waals surface area contributed by atoms with Gasteiger partial charge >= 0.3 is 0 Å². The van der Waals surface area contributed by atoms with E-state index >= 15 is 0 Å². The van der Waals surface area contributed by atoms with Crippen LogP contribution in [-0.2, 0) is 5.41 Å². The fourth-order valence-electron chi connectivity index (χ4n) is 12.3. The summed E-state index contributed by atoms with van der Waals surface area (Å²) in [6.45, 7) is 0. The van der Waals surface area contributed by atoms with Crippen LogP contribution >= 0.6 is 0 Å². The van der Waals surface area contributed by atoms with Gasteiger partial charge in [-0.15, -0.1) is 0 Å². The van der Waals surface area contributed by atoms with Crippen LogP contribution in [0.2, 0.25) is 0 Å². The number of nitrogens with zero attached hydrogens (tertiary/aromatic N) is 3. The van der Waals surface area contributed by atoms with Gasteiger partial charge in [-0.05, 0) is 97.7 Å². The van der Waals surface area contributed by atoms with Gasteiger partial charge in [0.1, 0.15) is 28.0 Å². The number of hydrogen-bond donors (Lipinski definition) is 0. The van der Waals surface area contributed by atoms with E-state index in [1.54, 1.807) is 0 Å². The van der Waals surface area contributed by atoms with Gasteiger partial charge in [0.15, 0.2) is 11.4 Å². The molecular weight excluding hydrogens is 831 g/mol. The summed E-state index contributed by atoms with van der Waals surface area (Å²) in [5, 5.41) is 7.99. The number of aromatic nitrogens is 3. The first-order valence-electron chi connectivity index (χ1n) is 23.2. The van der Waals surface area contributed by atoms with Crippen molar-refractivity contribution in [2.45, 2.75) is 5.41 Å². The Kier molecular flexibility index (Phi) is 6.95. The van der Waals surface area contributed by atoms with Crippen LogP contribution in [0.5, 0.6) is 0 Å². The van der Waals surface area contributed by atoms with Gasteiger partial charge in [0, 0.05) is 44.1 Å². The average molecular weight is 866 g/mol. The summed E-state index contributed by atoms with van der Waals surface area (Å²) in [5.41, 5.74) is 19.2. The van der Waals surface area contributed by atoms with Crippen LogP contribution in [0.4, 0.5) is 0 Å². The number of benzene rings is 10. The first-order chi connectivity index (χ1) is 33.7. The summed E-state index contributed by atoms with van der Waals surface area (Å²) in [6.07, 6.45) is 0. The standard InChI is InChI=1S/C63H35N3O2/c1-2-15-36(16-3-1)38-18-12-19-39(33-38)59-61-60(44-23-7-11-30-53(44)68-61)65-62(64-59)45-34-40(35-54-56(45)43-22-6-10-29-52(43)67-54)66-50-28-14-27-49-57(50)58-51(66)32-31-37-17-13-26-48(55(37)58)63(49)46-24-8-4-20-41(46)42-21-5-9-25-47(42)63/h1-35H. The lowest BCUT2D eigenvalue weighted by atomic mass is 9.63. The lowest BCUT2D eigenvalue weighted by Gasteiger charge is -2.37. The van der Waals surface area contributed by atoms with E-state index in [1.165, 1.54) is 54.9 Å². The Morgan fingerprint density at radius 2 is 1.01 bits per heavy atom. The van der Waals surface area contributed by atoms with Gasteiger partial charge in [-0.25, -0.2) is 9.97 Å². The van der Waals surface area contributed by atoms with Crippen LogP contribution in [0.1, 0.15) is 22.3 Å². The molecule has 4 aromatic heterocycles. The van der Waals surface area contributed by atoms with Gasteiger partial charge in [-0.2, -0.15) is 0 Å². The zero-order valence-corrected chi connectivity index (χ0v) is 36.4. The van der Waals surface area contributed by atoms with Gasteiger partial charge in [0.05, 0.1) is 22.1 Å². The molecule has 14 aromatic rings. The van der Waals surface area contributed by atoms with E-state index in [9.17, 15) is 0 Å². The second-order valence-electron chi connectivity index (χ2n) is 18.3. The Morgan fingerprint density at radius 3 is 1.84 bits per heavy atom. The van der Waals surface area contributed by atoms with E-state index in [1.807, 2.05) is 36.4 Å². The molecule has 0 fully saturated rings. The number of furan rings is 2. The molecule has 10 aromatic carbocycles. The maximum absolute atomic E-state index is 6.87. The SMILES string of the molecule is c1ccc(-c2cccc(-c3nc(-c4cc(-n5c6cccc7c6c6c8c(cccc8ccc65)C75c6ccccc6-c6ccccc65)cc5oc6ccccc6c45)nc4c3oc3ccccc34)c2)cc1. The van der Waals surface area contributed by atoms with E-state index in [-0.39, 0.29) is 0 Å². The van der Waals surface area contributed by atoms with Crippen LogP contribution in [0.3, 0.4) is 0 Å². The molecule has 0 saturated heterocycles. The minimum absolute atomic E-state index is 0.502. The average Bonchev–Trinajstić information content (AvgIpc) is 4.15. The van der Waals surface area contributed by atoms with Crippen molar-refractivity contribution >= 4 is 76.6 Å². The number of rotatable bonds is 4. The Bertz CT molecular complexity index is 4470. The first kappa shape index (κ1) is 36.2. The molecule has 16 rings (SSSR count). The second kappa shape index (κ2) is 13.1. The molecule has 0 atom stereocenters. The Balaban J connectivity index is 1.02. The smallest absolute Gasteiger partial charge is 0.180 e. The largest absolute Gasteiger partial charge is 0.456 e. The Morgan fingerprint density at radius 1 is 0.382 bits per heavy atom. The fourth-order valence-corrected chi connectivity index (χ4v) is 12.3. The molecule has 2 aliphatic carbocycles. The number of para-hydroxylation sites is 2. The van der Waals surface area contributed by atoms with Gasteiger partial charge in [-0.1, -0.05) is 164 Å². The Hall–Kier alpha value is -9.06. The van der Waals surface area contributed by atoms with E-state index in [2.05, 4.69) is 180 Å². The molecule has 0 radical (unpaired) electrons. The molecule has 2 aliphatic rings. The quantitative estimate of drug-likeness (QED) is 0.177. The van der Waals surface area contributed by atoms with Gasteiger partial charge < -0.3 is 13.4 Å². The highest BCUT2D eigenvalue weighted by molar-refractivity contribution is 6.27. The molecule has 0 aliphatic heterocycles. The van der Waals surface area contributed by atoms with Gasteiger partial charge in [-0.3, -0.25) is 0 Å². The maximum Gasteiger partial charge on any atom is 0.180 e. The molecule has 5 heteroatoms. The zero-order valence-electron chi connectivity index (χ0n) is 36.4. The van der Waals surface area contributed by atoms with Crippen LogP contribution in [0, 0.1) is 0 Å². The van der Waals surface area contributed by atoms with Crippen molar-refractivity contribution in [1.82, 2.24) is 14.5 Å². The highest BCUT2D eigenvalue weighted by Gasteiger charge is 2.50. The van der Waals surface area contributed by atoms with Crippen molar-refractivity contribution in [3.63, 3.8) is 0 Å². The first-order valence-corrected chi connectivity index (χ1v) is 23.2. The van der Waals surface area contributed by atoms with E-state index in [4.69, 9.17) is 18.8 Å². The van der Waals surface area contributed by atoms with Crippen molar-refractivity contribution in [1.29, 1.82) is 0 Å². The topological polar surface area (TPSA) is 57.0 Å². The van der Waals surface area contributed by atoms with Crippen molar-refractivity contribution in [2.75, 3.05) is 0 Å². The molecule has 0 amide bonds. The second-order valence-corrected chi connectivity index (χ2v) is 18.3. The lowest BCUT2D eigenvalue weighted by Crippen LogP contribution is -2.30. The van der Waals surface area contributed by atoms with Crippen molar-refractivity contribution < 1.29 is 8.83 Å². The van der Waals surface area contributed by atoms with E-state index in [0.717, 1.165) is 83.1 Å². The van der Waals surface area contributed by atoms with Gasteiger partial charge in [0.2, 0.25) is 0 Å². The summed E-state index contributed by atoms with van der Waals surface area (Å²) in [6, 6.07) is 76.5. The van der Waals surface area contributed by atoms with Crippen molar-refractivity contribution in [2.24, 2.45) is 0 Å². The van der Waals surface area contributed by atoms with Crippen LogP contribution in [0.25, 0.3) is 127 Å². The molecular formula is C63H35N3O2. The number of fused-ring (bicyclic) bond motifs is 13. The molecule has 0 bridgehead atoms. The molecule has 0 saturated carbocycles. The minimum Gasteiger partial charge on any atom is -0.456 e.